The summed E-state index contributed by atoms with van der Waals surface area (Å²) in [6.45, 7) is 5.09. The van der Waals surface area contributed by atoms with E-state index < -0.39 is 0 Å². The van der Waals surface area contributed by atoms with Crippen molar-refractivity contribution >= 4 is 12.4 Å². The van der Waals surface area contributed by atoms with Crippen LogP contribution in [-0.2, 0) is 9.47 Å². The number of rotatable bonds is 4. The van der Waals surface area contributed by atoms with Gasteiger partial charge in [-0.05, 0) is 19.9 Å². The second kappa shape index (κ2) is 6.66. The minimum atomic E-state index is 0. The molecule has 74 valence electrons. The van der Waals surface area contributed by atoms with Crippen LogP contribution >= 0.6 is 12.4 Å². The summed E-state index contributed by atoms with van der Waals surface area (Å²) >= 11 is 0. The highest BCUT2D eigenvalue weighted by Crippen LogP contribution is 2.19. The lowest BCUT2D eigenvalue weighted by molar-refractivity contribution is 0.0330. The number of halogens is 1. The van der Waals surface area contributed by atoms with Gasteiger partial charge in [0.2, 0.25) is 0 Å². The standard InChI is InChI=1S/C8H17NO2.ClH/c1-2-11-8-6-10-5-7(8)3-4-9;/h7-8H,2-6,9H2,1H3;1H. The van der Waals surface area contributed by atoms with E-state index in [2.05, 4.69) is 0 Å². The normalized spacial score (nSPS) is 28.5. The number of nitrogens with two attached hydrogens (primary N) is 1. The van der Waals surface area contributed by atoms with Crippen molar-refractivity contribution in [3.8, 4) is 0 Å². The molecule has 1 rings (SSSR count). The van der Waals surface area contributed by atoms with Crippen molar-refractivity contribution in [3.63, 3.8) is 0 Å². The van der Waals surface area contributed by atoms with Gasteiger partial charge in [-0.2, -0.15) is 0 Å². The molecule has 0 radical (unpaired) electrons. The van der Waals surface area contributed by atoms with E-state index in [9.17, 15) is 0 Å². The van der Waals surface area contributed by atoms with Crippen LogP contribution in [0.25, 0.3) is 0 Å². The predicted molar refractivity (Wildman–Crippen MR) is 50.6 cm³/mol. The van der Waals surface area contributed by atoms with Crippen LogP contribution in [0, 0.1) is 5.92 Å². The minimum Gasteiger partial charge on any atom is -0.378 e. The highest BCUT2D eigenvalue weighted by atomic mass is 35.5. The third kappa shape index (κ3) is 3.27. The van der Waals surface area contributed by atoms with Crippen molar-refractivity contribution in [2.24, 2.45) is 11.7 Å². The number of ether oxygens (including phenoxy) is 2. The van der Waals surface area contributed by atoms with Gasteiger partial charge in [0, 0.05) is 12.5 Å². The second-order valence-corrected chi connectivity index (χ2v) is 2.87. The average Bonchev–Trinajstić information content (AvgIpc) is 2.39. The van der Waals surface area contributed by atoms with Crippen LogP contribution in [0.3, 0.4) is 0 Å². The second-order valence-electron chi connectivity index (χ2n) is 2.87. The first-order chi connectivity index (χ1) is 5.38. The van der Waals surface area contributed by atoms with E-state index in [-0.39, 0.29) is 12.4 Å². The van der Waals surface area contributed by atoms with Gasteiger partial charge < -0.3 is 15.2 Å². The van der Waals surface area contributed by atoms with Gasteiger partial charge in [0.25, 0.3) is 0 Å². The first kappa shape index (κ1) is 12.2. The molecule has 0 spiro atoms. The van der Waals surface area contributed by atoms with E-state index in [1.165, 1.54) is 0 Å². The van der Waals surface area contributed by atoms with Crippen molar-refractivity contribution in [2.45, 2.75) is 19.4 Å². The predicted octanol–water partition coefficient (Wildman–Crippen LogP) is 0.808. The van der Waals surface area contributed by atoms with Crippen LogP contribution < -0.4 is 5.73 Å². The van der Waals surface area contributed by atoms with Crippen LogP contribution in [0.4, 0.5) is 0 Å². The molecule has 1 aliphatic heterocycles. The van der Waals surface area contributed by atoms with Gasteiger partial charge in [0.15, 0.2) is 0 Å². The van der Waals surface area contributed by atoms with Crippen molar-refractivity contribution < 1.29 is 9.47 Å². The molecule has 0 aromatic rings. The Hall–Kier alpha value is 0.170. The third-order valence-electron chi connectivity index (χ3n) is 2.06. The molecule has 0 saturated carbocycles. The summed E-state index contributed by atoms with van der Waals surface area (Å²) in [5.41, 5.74) is 5.46. The molecular weight excluding hydrogens is 178 g/mol. The molecule has 0 bridgehead atoms. The molecule has 2 atom stereocenters. The van der Waals surface area contributed by atoms with Gasteiger partial charge in [0.1, 0.15) is 0 Å². The molecule has 2 N–H and O–H groups in total. The van der Waals surface area contributed by atoms with Crippen molar-refractivity contribution in [3.05, 3.63) is 0 Å². The molecule has 0 aliphatic carbocycles. The Labute approximate surface area is 80.0 Å². The Balaban J connectivity index is 0.00000121. The zero-order valence-corrected chi connectivity index (χ0v) is 8.31. The van der Waals surface area contributed by atoms with Gasteiger partial charge in [0.05, 0.1) is 19.3 Å². The zero-order valence-electron chi connectivity index (χ0n) is 7.49. The largest absolute Gasteiger partial charge is 0.378 e. The summed E-state index contributed by atoms with van der Waals surface area (Å²) in [6, 6.07) is 0. The molecule has 1 aliphatic rings. The average molecular weight is 196 g/mol. The maximum absolute atomic E-state index is 5.49. The Morgan fingerprint density at radius 2 is 2.25 bits per heavy atom. The van der Waals surface area contributed by atoms with Crippen LogP contribution in [0.15, 0.2) is 0 Å². The van der Waals surface area contributed by atoms with E-state index in [4.69, 9.17) is 15.2 Å². The van der Waals surface area contributed by atoms with E-state index in [1.807, 2.05) is 6.92 Å². The molecule has 3 nitrogen and oxygen atoms in total. The molecule has 1 fully saturated rings. The quantitative estimate of drug-likeness (QED) is 0.722. The summed E-state index contributed by atoms with van der Waals surface area (Å²) in [5.74, 6) is 0.528. The molecule has 1 heterocycles. The molecule has 12 heavy (non-hydrogen) atoms. The van der Waals surface area contributed by atoms with Crippen LogP contribution in [0.2, 0.25) is 0 Å². The Morgan fingerprint density at radius 3 is 2.83 bits per heavy atom. The summed E-state index contributed by atoms with van der Waals surface area (Å²) in [7, 11) is 0. The third-order valence-corrected chi connectivity index (χ3v) is 2.06. The fourth-order valence-electron chi connectivity index (χ4n) is 1.46. The van der Waals surface area contributed by atoms with Gasteiger partial charge in [-0.15, -0.1) is 12.4 Å². The van der Waals surface area contributed by atoms with E-state index in [1.54, 1.807) is 0 Å². The monoisotopic (exact) mass is 195 g/mol. The molecule has 1 saturated heterocycles. The molecule has 0 amide bonds. The van der Waals surface area contributed by atoms with E-state index in [0.29, 0.717) is 12.0 Å². The van der Waals surface area contributed by atoms with Crippen LogP contribution in [-0.4, -0.2) is 32.5 Å². The summed E-state index contributed by atoms with van der Waals surface area (Å²) in [6.07, 6.45) is 1.31. The molecule has 4 heteroatoms. The van der Waals surface area contributed by atoms with Crippen LogP contribution in [0.1, 0.15) is 13.3 Å². The van der Waals surface area contributed by atoms with Gasteiger partial charge in [-0.25, -0.2) is 0 Å². The highest BCUT2D eigenvalue weighted by molar-refractivity contribution is 5.85. The molecule has 2 unspecified atom stereocenters. The van der Waals surface area contributed by atoms with Crippen LogP contribution in [0.5, 0.6) is 0 Å². The molecular formula is C8H18ClNO2. The van der Waals surface area contributed by atoms with Gasteiger partial charge in [-0.3, -0.25) is 0 Å². The Morgan fingerprint density at radius 1 is 1.50 bits per heavy atom. The highest BCUT2D eigenvalue weighted by Gasteiger charge is 2.27. The first-order valence-electron chi connectivity index (χ1n) is 4.28. The summed E-state index contributed by atoms with van der Waals surface area (Å²) in [5, 5.41) is 0. The Bertz CT molecular complexity index is 101. The minimum absolute atomic E-state index is 0. The van der Waals surface area contributed by atoms with Gasteiger partial charge >= 0.3 is 0 Å². The Kier molecular flexibility index (Phi) is 6.76. The fourth-order valence-corrected chi connectivity index (χ4v) is 1.46. The lowest BCUT2D eigenvalue weighted by Gasteiger charge is -2.15. The van der Waals surface area contributed by atoms with E-state index in [0.717, 1.165) is 32.8 Å². The van der Waals surface area contributed by atoms with Crippen molar-refractivity contribution in [1.82, 2.24) is 0 Å². The summed E-state index contributed by atoms with van der Waals surface area (Å²) < 4.78 is 10.8. The molecule has 0 aromatic heterocycles. The lowest BCUT2D eigenvalue weighted by Crippen LogP contribution is -2.24. The van der Waals surface area contributed by atoms with Crippen molar-refractivity contribution in [2.75, 3.05) is 26.4 Å². The number of hydrogen-bond acceptors (Lipinski definition) is 3. The number of hydrogen-bond donors (Lipinski definition) is 1. The maximum atomic E-state index is 5.49. The smallest absolute Gasteiger partial charge is 0.0858 e. The van der Waals surface area contributed by atoms with E-state index >= 15 is 0 Å². The van der Waals surface area contributed by atoms with Crippen molar-refractivity contribution in [1.29, 1.82) is 0 Å². The molecule has 0 aromatic carbocycles. The topological polar surface area (TPSA) is 44.5 Å². The zero-order chi connectivity index (χ0) is 8.10. The summed E-state index contributed by atoms with van der Waals surface area (Å²) in [4.78, 5) is 0. The lowest BCUT2D eigenvalue weighted by atomic mass is 10.0. The maximum Gasteiger partial charge on any atom is 0.0858 e. The fraction of sp³-hybridized carbons (Fsp3) is 1.00. The van der Waals surface area contributed by atoms with Gasteiger partial charge in [-0.1, -0.05) is 0 Å². The first-order valence-corrected chi connectivity index (χ1v) is 4.28. The SMILES string of the molecule is CCOC1COCC1CCN.Cl.